The summed E-state index contributed by atoms with van der Waals surface area (Å²) in [6.45, 7) is 2.42. The highest BCUT2D eigenvalue weighted by atomic mass is 14.3. The average molecular weight is 174 g/mol. The van der Waals surface area contributed by atoms with Crippen LogP contribution in [0.25, 0.3) is 0 Å². The first-order valence-corrected chi connectivity index (χ1v) is 5.37. The molecule has 0 aromatic heterocycles. The molecule has 2 rings (SSSR count). The summed E-state index contributed by atoms with van der Waals surface area (Å²) in [6.07, 6.45) is 6.99. The molecule has 1 aliphatic carbocycles. The monoisotopic (exact) mass is 174 g/mol. The second kappa shape index (κ2) is 3.53. The first kappa shape index (κ1) is 8.80. The number of hydrogen-bond donors (Lipinski definition) is 0. The largest absolute Gasteiger partial charge is 0.0622 e. The van der Waals surface area contributed by atoms with Crippen LogP contribution in [0.4, 0.5) is 0 Å². The van der Waals surface area contributed by atoms with Crippen LogP contribution in [0.5, 0.6) is 0 Å². The minimum Gasteiger partial charge on any atom is -0.0622 e. The molecule has 1 aliphatic rings. The van der Waals surface area contributed by atoms with Crippen LogP contribution in [0.15, 0.2) is 30.3 Å². The van der Waals surface area contributed by atoms with Gasteiger partial charge in [0.1, 0.15) is 0 Å². The summed E-state index contributed by atoms with van der Waals surface area (Å²) < 4.78 is 0. The molecule has 0 amide bonds. The lowest BCUT2D eigenvalue weighted by Crippen LogP contribution is -2.24. The van der Waals surface area contributed by atoms with Crippen molar-refractivity contribution in [2.45, 2.75) is 44.4 Å². The number of rotatable bonds is 1. The molecule has 13 heavy (non-hydrogen) atoms. The van der Waals surface area contributed by atoms with Crippen LogP contribution >= 0.6 is 0 Å². The Kier molecular flexibility index (Phi) is 2.39. The molecular formula is C13H18. The van der Waals surface area contributed by atoms with Gasteiger partial charge in [-0.15, -0.1) is 0 Å². The van der Waals surface area contributed by atoms with E-state index in [2.05, 4.69) is 37.3 Å². The van der Waals surface area contributed by atoms with Crippen molar-refractivity contribution < 1.29 is 0 Å². The number of benzene rings is 1. The fourth-order valence-electron chi connectivity index (χ4n) is 2.46. The van der Waals surface area contributed by atoms with Gasteiger partial charge in [-0.25, -0.2) is 0 Å². The highest BCUT2D eigenvalue weighted by Crippen LogP contribution is 2.38. The fraction of sp³-hybridized carbons (Fsp3) is 0.538. The summed E-state index contributed by atoms with van der Waals surface area (Å²) in [4.78, 5) is 0. The van der Waals surface area contributed by atoms with E-state index >= 15 is 0 Å². The van der Waals surface area contributed by atoms with Crippen LogP contribution in [0.2, 0.25) is 0 Å². The van der Waals surface area contributed by atoms with Gasteiger partial charge in [0, 0.05) is 0 Å². The van der Waals surface area contributed by atoms with Crippen molar-refractivity contribution in [1.82, 2.24) is 0 Å². The van der Waals surface area contributed by atoms with Crippen molar-refractivity contribution in [3.63, 3.8) is 0 Å². The minimum atomic E-state index is 0.472. The summed E-state index contributed by atoms with van der Waals surface area (Å²) in [5.41, 5.74) is 2.01. The zero-order valence-electron chi connectivity index (χ0n) is 8.42. The summed E-state index contributed by atoms with van der Waals surface area (Å²) in [7, 11) is 0. The molecule has 0 aliphatic heterocycles. The van der Waals surface area contributed by atoms with Gasteiger partial charge < -0.3 is 0 Å². The van der Waals surface area contributed by atoms with E-state index in [4.69, 9.17) is 0 Å². The molecule has 0 heterocycles. The van der Waals surface area contributed by atoms with Gasteiger partial charge in [-0.05, 0) is 23.8 Å². The van der Waals surface area contributed by atoms with Gasteiger partial charge in [0.05, 0.1) is 0 Å². The predicted molar refractivity (Wildman–Crippen MR) is 56.9 cm³/mol. The maximum absolute atomic E-state index is 2.42. The Morgan fingerprint density at radius 3 is 2.15 bits per heavy atom. The quantitative estimate of drug-likeness (QED) is 0.605. The lowest BCUT2D eigenvalue weighted by Gasteiger charge is -2.34. The van der Waals surface area contributed by atoms with Crippen molar-refractivity contribution in [1.29, 1.82) is 0 Å². The standard InChI is InChI=1S/C13H18/c1-13(10-6-3-7-11-13)12-8-4-2-5-9-12/h2,4-5,8-9H,3,6-7,10-11H2,1H3. The van der Waals surface area contributed by atoms with Crippen LogP contribution in [0.3, 0.4) is 0 Å². The molecule has 0 atom stereocenters. The third-order valence-corrected chi connectivity index (χ3v) is 3.43. The fourth-order valence-corrected chi connectivity index (χ4v) is 2.46. The summed E-state index contributed by atoms with van der Waals surface area (Å²) in [6, 6.07) is 11.0. The molecule has 0 spiro atoms. The molecule has 0 saturated heterocycles. The molecule has 0 nitrogen and oxygen atoms in total. The Morgan fingerprint density at radius 1 is 0.923 bits per heavy atom. The summed E-state index contributed by atoms with van der Waals surface area (Å²) in [5, 5.41) is 0. The lowest BCUT2D eigenvalue weighted by molar-refractivity contribution is 0.319. The van der Waals surface area contributed by atoms with E-state index in [1.54, 1.807) is 0 Å². The number of hydrogen-bond acceptors (Lipinski definition) is 0. The second-order valence-electron chi connectivity index (χ2n) is 4.49. The van der Waals surface area contributed by atoms with E-state index in [1.807, 2.05) is 0 Å². The molecule has 1 aromatic rings. The smallest absolute Gasteiger partial charge is 0.00753 e. The molecule has 0 radical (unpaired) electrons. The van der Waals surface area contributed by atoms with Gasteiger partial charge in [0.15, 0.2) is 0 Å². The van der Waals surface area contributed by atoms with Crippen molar-refractivity contribution >= 4 is 0 Å². The third-order valence-electron chi connectivity index (χ3n) is 3.43. The van der Waals surface area contributed by atoms with Crippen molar-refractivity contribution in [3.05, 3.63) is 35.9 Å². The van der Waals surface area contributed by atoms with Crippen LogP contribution in [0, 0.1) is 0 Å². The maximum atomic E-state index is 2.42. The molecule has 1 aromatic carbocycles. The molecule has 0 bridgehead atoms. The molecule has 0 heteroatoms. The van der Waals surface area contributed by atoms with Gasteiger partial charge in [-0.2, -0.15) is 0 Å². The van der Waals surface area contributed by atoms with E-state index in [0.717, 1.165) is 0 Å². The van der Waals surface area contributed by atoms with Crippen molar-refractivity contribution in [2.75, 3.05) is 0 Å². The third kappa shape index (κ3) is 1.77. The normalized spacial score (nSPS) is 21.3. The van der Waals surface area contributed by atoms with E-state index in [9.17, 15) is 0 Å². The molecule has 0 unspecified atom stereocenters. The van der Waals surface area contributed by atoms with Gasteiger partial charge in [0.25, 0.3) is 0 Å². The zero-order valence-corrected chi connectivity index (χ0v) is 8.42. The van der Waals surface area contributed by atoms with Crippen LogP contribution in [-0.4, -0.2) is 0 Å². The molecule has 1 fully saturated rings. The lowest BCUT2D eigenvalue weighted by atomic mass is 9.71. The molecule has 0 N–H and O–H groups in total. The van der Waals surface area contributed by atoms with Crippen molar-refractivity contribution in [3.8, 4) is 0 Å². The Hall–Kier alpha value is -0.780. The average Bonchev–Trinajstić information content (AvgIpc) is 2.20. The maximum Gasteiger partial charge on any atom is -0.00753 e. The first-order valence-electron chi connectivity index (χ1n) is 5.37. The summed E-state index contributed by atoms with van der Waals surface area (Å²) >= 11 is 0. The van der Waals surface area contributed by atoms with Crippen LogP contribution < -0.4 is 0 Å². The van der Waals surface area contributed by atoms with Gasteiger partial charge in [-0.3, -0.25) is 0 Å². The van der Waals surface area contributed by atoms with Crippen LogP contribution in [-0.2, 0) is 5.41 Å². The molecule has 1 saturated carbocycles. The SMILES string of the molecule is CC1(c2ccccc2)CCCCC1. The van der Waals surface area contributed by atoms with Gasteiger partial charge >= 0.3 is 0 Å². The van der Waals surface area contributed by atoms with E-state index in [0.29, 0.717) is 5.41 Å². The first-order chi connectivity index (χ1) is 6.31. The topological polar surface area (TPSA) is 0 Å². The highest BCUT2D eigenvalue weighted by Gasteiger charge is 2.27. The molecular weight excluding hydrogens is 156 g/mol. The van der Waals surface area contributed by atoms with E-state index < -0.39 is 0 Å². The van der Waals surface area contributed by atoms with Crippen molar-refractivity contribution in [2.24, 2.45) is 0 Å². The Labute approximate surface area is 81.0 Å². The van der Waals surface area contributed by atoms with Crippen LogP contribution in [0.1, 0.15) is 44.6 Å². The Morgan fingerprint density at radius 2 is 1.54 bits per heavy atom. The zero-order chi connectivity index (χ0) is 9.15. The molecule has 70 valence electrons. The minimum absolute atomic E-state index is 0.472. The predicted octanol–water partition coefficient (Wildman–Crippen LogP) is 3.91. The summed E-state index contributed by atoms with van der Waals surface area (Å²) in [5.74, 6) is 0. The van der Waals surface area contributed by atoms with E-state index in [-0.39, 0.29) is 0 Å². The second-order valence-corrected chi connectivity index (χ2v) is 4.49. The van der Waals surface area contributed by atoms with E-state index in [1.165, 1.54) is 37.7 Å². The highest BCUT2D eigenvalue weighted by molar-refractivity contribution is 5.24. The van der Waals surface area contributed by atoms with Gasteiger partial charge in [0.2, 0.25) is 0 Å². The Balaban J connectivity index is 2.23. The van der Waals surface area contributed by atoms with Gasteiger partial charge in [-0.1, -0.05) is 56.5 Å². The Bertz CT molecular complexity index is 255.